The Kier molecular flexibility index (Phi) is 7.99. The number of carboxylic acids is 1. The van der Waals surface area contributed by atoms with Gasteiger partial charge in [-0.3, -0.25) is 9.59 Å². The minimum atomic E-state index is -4.46. The van der Waals surface area contributed by atoms with Crippen LogP contribution >= 0.6 is 0 Å². The molecule has 3 N–H and O–H groups in total. The summed E-state index contributed by atoms with van der Waals surface area (Å²) >= 11 is 0. The smallest absolute Gasteiger partial charge is 0.321 e. The number of fused-ring (bicyclic) bond motifs is 1. The highest BCUT2D eigenvalue weighted by atomic mass is 32.2. The number of hydrogen-bond acceptors (Lipinski definition) is 6. The molecule has 0 saturated carbocycles. The molecule has 0 spiro atoms. The van der Waals surface area contributed by atoms with Crippen molar-refractivity contribution in [3.05, 3.63) is 83.6 Å². The Balaban J connectivity index is 1.75. The first-order valence-electron chi connectivity index (χ1n) is 12.7. The average Bonchev–Trinajstić information content (AvgIpc) is 3.25. The maximum atomic E-state index is 13.8. The highest BCUT2D eigenvalue weighted by molar-refractivity contribution is 7.91. The lowest BCUT2D eigenvalue weighted by Gasteiger charge is -2.34. The van der Waals surface area contributed by atoms with Gasteiger partial charge in [-0.15, -0.1) is 0 Å². The highest BCUT2D eigenvalue weighted by Crippen LogP contribution is 2.35. The Morgan fingerprint density at radius 3 is 2.44 bits per heavy atom. The lowest BCUT2D eigenvalue weighted by molar-refractivity contribution is -0.140. The number of benzene rings is 2. The third-order valence-corrected chi connectivity index (χ3v) is 8.63. The second kappa shape index (κ2) is 11.1. The summed E-state index contributed by atoms with van der Waals surface area (Å²) in [6.07, 6.45) is 4.57. The fourth-order valence-electron chi connectivity index (χ4n) is 4.58. The summed E-state index contributed by atoms with van der Waals surface area (Å²) in [4.78, 5) is 23.5. The number of hydrogen-bond donors (Lipinski definition) is 3. The van der Waals surface area contributed by atoms with Crippen LogP contribution in [0.3, 0.4) is 0 Å². The molecule has 0 bridgehead atoms. The van der Waals surface area contributed by atoms with Gasteiger partial charge in [0.2, 0.25) is 10.0 Å². The van der Waals surface area contributed by atoms with Gasteiger partial charge >= 0.3 is 5.97 Å². The van der Waals surface area contributed by atoms with Crippen molar-refractivity contribution in [1.82, 2.24) is 10.0 Å². The van der Waals surface area contributed by atoms with E-state index in [1.807, 2.05) is 37.3 Å². The van der Waals surface area contributed by atoms with Crippen molar-refractivity contribution in [2.75, 3.05) is 6.61 Å². The molecule has 0 saturated heterocycles. The first-order valence-corrected chi connectivity index (χ1v) is 14.1. The van der Waals surface area contributed by atoms with E-state index in [9.17, 15) is 23.1 Å². The van der Waals surface area contributed by atoms with Gasteiger partial charge in [-0.05, 0) is 49.1 Å². The first kappa shape index (κ1) is 28.1. The molecule has 1 amide bonds. The number of carbonyl (C=O) groups excluding carboxylic acids is 1. The molecule has 0 fully saturated rings. The number of amides is 1. The third kappa shape index (κ3) is 5.48. The van der Waals surface area contributed by atoms with E-state index in [4.69, 9.17) is 9.15 Å². The van der Waals surface area contributed by atoms with E-state index < -0.39 is 38.7 Å². The van der Waals surface area contributed by atoms with E-state index in [-0.39, 0.29) is 12.2 Å². The van der Waals surface area contributed by atoms with Crippen LogP contribution < -0.4 is 14.8 Å². The van der Waals surface area contributed by atoms with Crippen LogP contribution in [0, 0.1) is 12.8 Å². The molecule has 3 aromatic rings. The predicted molar refractivity (Wildman–Crippen MR) is 149 cm³/mol. The Bertz CT molecular complexity index is 1550. The molecule has 0 aliphatic heterocycles. The van der Waals surface area contributed by atoms with Gasteiger partial charge in [-0.25, -0.2) is 8.42 Å². The third-order valence-electron chi connectivity index (χ3n) is 6.71. The van der Waals surface area contributed by atoms with Gasteiger partial charge < -0.3 is 19.6 Å². The van der Waals surface area contributed by atoms with E-state index in [2.05, 4.69) is 10.0 Å². The minimum Gasteiger partial charge on any atom is -0.493 e. The molecule has 1 aliphatic carbocycles. The summed E-state index contributed by atoms with van der Waals surface area (Å²) in [6, 6.07) is 13.2. The van der Waals surface area contributed by atoms with Crippen LogP contribution in [0.5, 0.6) is 5.75 Å². The summed E-state index contributed by atoms with van der Waals surface area (Å²) in [5, 5.41) is 12.9. The topological polar surface area (TPSA) is 135 Å². The monoisotopic (exact) mass is 552 g/mol. The normalized spacial score (nSPS) is 18.1. The van der Waals surface area contributed by atoms with E-state index in [1.54, 1.807) is 51.1 Å². The van der Waals surface area contributed by atoms with Crippen LogP contribution in [0.1, 0.15) is 48.9 Å². The first-order chi connectivity index (χ1) is 18.5. The van der Waals surface area contributed by atoms with Gasteiger partial charge in [0, 0.05) is 12.0 Å². The maximum Gasteiger partial charge on any atom is 0.321 e. The molecule has 1 aromatic heterocycles. The highest BCUT2D eigenvalue weighted by Gasteiger charge is 2.46. The molecule has 1 heterocycles. The standard InChI is InChI=1S/C29H32N2O7S/c1-5-37-22-12-9-13-23-24(22)19(4)26(38-23)27(32)30-29(39(35,36)31-25(18(2)3)28(33)34)16-14-21(15-17-29)20-10-7-6-8-11-20/h6-16,18,25,31H,5,17H2,1-4H3,(H,30,32)(H,33,34)/t25-,29?/m0/s1. The van der Waals surface area contributed by atoms with Gasteiger partial charge in [0.1, 0.15) is 17.4 Å². The van der Waals surface area contributed by atoms with E-state index >= 15 is 0 Å². The summed E-state index contributed by atoms with van der Waals surface area (Å²) < 4.78 is 41.5. The van der Waals surface area contributed by atoms with Crippen molar-refractivity contribution in [3.8, 4) is 5.75 Å². The fraction of sp³-hybridized carbons (Fsp3) is 0.310. The van der Waals surface area contributed by atoms with E-state index in [0.717, 1.165) is 11.1 Å². The Hall–Kier alpha value is -3.89. The van der Waals surface area contributed by atoms with Gasteiger partial charge in [0.25, 0.3) is 5.91 Å². The number of ether oxygens (including phenoxy) is 1. The van der Waals surface area contributed by atoms with Crippen molar-refractivity contribution in [1.29, 1.82) is 0 Å². The molecular formula is C29H32N2O7S. The zero-order valence-electron chi connectivity index (χ0n) is 22.2. The molecule has 1 unspecified atom stereocenters. The summed E-state index contributed by atoms with van der Waals surface area (Å²) in [5.41, 5.74) is 2.57. The lowest BCUT2D eigenvalue weighted by atomic mass is 9.96. The number of allylic oxidation sites excluding steroid dienone is 2. The van der Waals surface area contributed by atoms with Crippen molar-refractivity contribution < 1.29 is 32.3 Å². The van der Waals surface area contributed by atoms with Crippen LogP contribution in [0.25, 0.3) is 16.5 Å². The Morgan fingerprint density at radius 1 is 1.13 bits per heavy atom. The molecule has 0 radical (unpaired) electrons. The zero-order chi connectivity index (χ0) is 28.4. The van der Waals surface area contributed by atoms with Gasteiger partial charge in [0.15, 0.2) is 10.6 Å². The van der Waals surface area contributed by atoms with Crippen molar-refractivity contribution in [2.24, 2.45) is 5.92 Å². The van der Waals surface area contributed by atoms with Crippen LogP contribution in [0.4, 0.5) is 0 Å². The molecule has 2 aromatic carbocycles. The number of carbonyl (C=O) groups is 2. The second-order valence-corrected chi connectivity index (χ2v) is 11.7. The summed E-state index contributed by atoms with van der Waals surface area (Å²) in [5.74, 6) is -2.12. The van der Waals surface area contributed by atoms with Crippen LogP contribution in [-0.4, -0.2) is 42.9 Å². The Morgan fingerprint density at radius 2 is 1.85 bits per heavy atom. The lowest BCUT2D eigenvalue weighted by Crippen LogP contribution is -2.60. The van der Waals surface area contributed by atoms with Crippen LogP contribution in [0.15, 0.2) is 71.2 Å². The van der Waals surface area contributed by atoms with Gasteiger partial charge in [-0.1, -0.05) is 62.4 Å². The average molecular weight is 553 g/mol. The number of aliphatic carboxylic acids is 1. The van der Waals surface area contributed by atoms with Crippen molar-refractivity contribution in [2.45, 2.75) is 45.0 Å². The van der Waals surface area contributed by atoms with Crippen LogP contribution in [0.2, 0.25) is 0 Å². The van der Waals surface area contributed by atoms with E-state index in [1.165, 1.54) is 6.08 Å². The summed E-state index contributed by atoms with van der Waals surface area (Å²) in [6.45, 7) is 7.16. The molecule has 4 rings (SSSR count). The SMILES string of the molecule is CCOc1cccc2oc(C(=O)NC3(S(=O)(=O)N[C@H](C(=O)O)C(C)C)C=CC(c4ccccc4)=CC3)c(C)c12. The maximum absolute atomic E-state index is 13.8. The fourth-order valence-corrected chi connectivity index (χ4v) is 6.27. The van der Waals surface area contributed by atoms with Crippen LogP contribution in [-0.2, 0) is 14.8 Å². The number of furan rings is 1. The molecule has 2 atom stereocenters. The zero-order valence-corrected chi connectivity index (χ0v) is 23.0. The Labute approximate surface area is 227 Å². The van der Waals surface area contributed by atoms with Gasteiger partial charge in [0.05, 0.1) is 12.0 Å². The quantitative estimate of drug-likeness (QED) is 0.334. The molecular weight excluding hydrogens is 520 g/mol. The number of nitrogens with one attached hydrogen (secondary N) is 2. The van der Waals surface area contributed by atoms with Crippen molar-refractivity contribution in [3.63, 3.8) is 0 Å². The number of aryl methyl sites for hydroxylation is 1. The molecule has 39 heavy (non-hydrogen) atoms. The van der Waals surface area contributed by atoms with Gasteiger partial charge in [-0.2, -0.15) is 4.72 Å². The molecule has 9 nitrogen and oxygen atoms in total. The minimum absolute atomic E-state index is 0.0587. The van der Waals surface area contributed by atoms with Crippen molar-refractivity contribution >= 4 is 38.4 Å². The molecule has 10 heteroatoms. The number of carboxylic acid groups (broad SMARTS) is 1. The number of sulfonamides is 1. The molecule has 1 aliphatic rings. The molecule has 206 valence electrons. The second-order valence-electron chi connectivity index (χ2n) is 9.71. The number of rotatable bonds is 10. The summed E-state index contributed by atoms with van der Waals surface area (Å²) in [7, 11) is -4.46. The van der Waals surface area contributed by atoms with E-state index in [0.29, 0.717) is 28.9 Å². The predicted octanol–water partition coefficient (Wildman–Crippen LogP) is 4.64. The largest absolute Gasteiger partial charge is 0.493 e.